The highest BCUT2D eigenvalue weighted by Crippen LogP contribution is 2.26. The van der Waals surface area contributed by atoms with E-state index >= 15 is 0 Å². The van der Waals surface area contributed by atoms with Crippen LogP contribution in [0.2, 0.25) is 5.02 Å². The number of carbonyl (C=O) groups is 2. The molecule has 0 spiro atoms. The second kappa shape index (κ2) is 9.56. The lowest BCUT2D eigenvalue weighted by molar-refractivity contribution is -0.152. The maximum absolute atomic E-state index is 13.0. The fraction of sp³-hybridized carbons (Fsp3) is 0.619. The van der Waals surface area contributed by atoms with Crippen LogP contribution in [0.1, 0.15) is 38.2 Å². The number of likely N-dealkylation sites (tertiary alicyclic amines) is 2. The van der Waals surface area contributed by atoms with Crippen LogP contribution in [0, 0.1) is 11.8 Å². The van der Waals surface area contributed by atoms with E-state index in [0.717, 1.165) is 43.1 Å². The maximum Gasteiger partial charge on any atom is 0.309 e. The smallest absolute Gasteiger partial charge is 0.309 e. The molecular weight excluding hydrogens is 364 g/mol. The van der Waals surface area contributed by atoms with Gasteiger partial charge in [0.15, 0.2) is 0 Å². The Hall–Kier alpha value is -1.59. The van der Waals surface area contributed by atoms with Crippen LogP contribution in [0.3, 0.4) is 0 Å². The number of hydrogen-bond acceptors (Lipinski definition) is 4. The average molecular weight is 393 g/mol. The van der Waals surface area contributed by atoms with E-state index in [-0.39, 0.29) is 23.7 Å². The Balaban J connectivity index is 1.51. The zero-order valence-corrected chi connectivity index (χ0v) is 16.8. The van der Waals surface area contributed by atoms with Gasteiger partial charge in [0.25, 0.3) is 0 Å². The number of carbonyl (C=O) groups excluding carboxylic acids is 2. The molecule has 0 aliphatic carbocycles. The molecule has 6 heteroatoms. The number of piperidine rings is 2. The van der Waals surface area contributed by atoms with Gasteiger partial charge in [-0.3, -0.25) is 14.5 Å². The number of nitrogens with zero attached hydrogens (tertiary/aromatic N) is 2. The molecular formula is C21H29ClN2O3. The highest BCUT2D eigenvalue weighted by molar-refractivity contribution is 6.31. The Morgan fingerprint density at radius 1 is 1.11 bits per heavy atom. The first kappa shape index (κ1) is 20.2. The number of hydrogen-bond donors (Lipinski definition) is 0. The Morgan fingerprint density at radius 3 is 2.56 bits per heavy atom. The SMILES string of the molecule is CCOC(=O)C1CCN(C(=O)[C@@H]2CCCN(Cc3ccccc3Cl)C2)CC1. The third-order valence-corrected chi connectivity index (χ3v) is 6.00. The number of halogens is 1. The molecule has 2 saturated heterocycles. The van der Waals surface area contributed by atoms with Crippen LogP contribution in [0.4, 0.5) is 0 Å². The third-order valence-electron chi connectivity index (χ3n) is 5.63. The Bertz CT molecular complexity index is 659. The van der Waals surface area contributed by atoms with Crippen molar-refractivity contribution in [1.29, 1.82) is 0 Å². The molecule has 0 N–H and O–H groups in total. The van der Waals surface area contributed by atoms with Crippen molar-refractivity contribution < 1.29 is 14.3 Å². The summed E-state index contributed by atoms with van der Waals surface area (Å²) in [5.74, 6) is 0.104. The van der Waals surface area contributed by atoms with Crippen molar-refractivity contribution >= 4 is 23.5 Å². The lowest BCUT2D eigenvalue weighted by Crippen LogP contribution is -2.47. The van der Waals surface area contributed by atoms with E-state index in [0.29, 0.717) is 32.5 Å². The van der Waals surface area contributed by atoms with E-state index in [1.807, 2.05) is 36.1 Å². The molecule has 3 rings (SSSR count). The first-order valence-corrected chi connectivity index (χ1v) is 10.4. The largest absolute Gasteiger partial charge is 0.466 e. The lowest BCUT2D eigenvalue weighted by atomic mass is 9.92. The van der Waals surface area contributed by atoms with Gasteiger partial charge in [0, 0.05) is 31.2 Å². The minimum absolute atomic E-state index is 0.0420. The monoisotopic (exact) mass is 392 g/mol. The van der Waals surface area contributed by atoms with Crippen LogP contribution in [-0.2, 0) is 20.9 Å². The number of benzene rings is 1. The van der Waals surface area contributed by atoms with Gasteiger partial charge in [-0.05, 0) is 50.8 Å². The molecule has 0 radical (unpaired) electrons. The van der Waals surface area contributed by atoms with Crippen molar-refractivity contribution in [2.24, 2.45) is 11.8 Å². The molecule has 2 aliphatic heterocycles. The van der Waals surface area contributed by atoms with Gasteiger partial charge in [0.1, 0.15) is 0 Å². The van der Waals surface area contributed by atoms with Crippen LogP contribution in [0.25, 0.3) is 0 Å². The fourth-order valence-electron chi connectivity index (χ4n) is 4.12. The summed E-state index contributed by atoms with van der Waals surface area (Å²) in [6.45, 7) is 6.12. The maximum atomic E-state index is 13.0. The molecule has 1 aromatic rings. The van der Waals surface area contributed by atoms with E-state index in [4.69, 9.17) is 16.3 Å². The molecule has 0 bridgehead atoms. The summed E-state index contributed by atoms with van der Waals surface area (Å²) in [6, 6.07) is 7.90. The Kier molecular flexibility index (Phi) is 7.13. The number of ether oxygens (including phenoxy) is 1. The van der Waals surface area contributed by atoms with Crippen molar-refractivity contribution in [3.05, 3.63) is 34.9 Å². The van der Waals surface area contributed by atoms with Crippen molar-refractivity contribution in [3.8, 4) is 0 Å². The average Bonchev–Trinajstić information content (AvgIpc) is 2.70. The number of amides is 1. The van der Waals surface area contributed by atoms with Gasteiger partial charge in [-0.25, -0.2) is 0 Å². The molecule has 1 aromatic carbocycles. The zero-order valence-electron chi connectivity index (χ0n) is 16.0. The van der Waals surface area contributed by atoms with Gasteiger partial charge in [0.05, 0.1) is 18.4 Å². The molecule has 0 saturated carbocycles. The molecule has 148 valence electrons. The highest BCUT2D eigenvalue weighted by atomic mass is 35.5. The Labute approximate surface area is 166 Å². The first-order valence-electron chi connectivity index (χ1n) is 9.99. The molecule has 1 atom stereocenters. The van der Waals surface area contributed by atoms with Crippen LogP contribution < -0.4 is 0 Å². The second-order valence-corrected chi connectivity index (χ2v) is 7.92. The van der Waals surface area contributed by atoms with Gasteiger partial charge in [-0.1, -0.05) is 29.8 Å². The molecule has 27 heavy (non-hydrogen) atoms. The van der Waals surface area contributed by atoms with Crippen molar-refractivity contribution in [1.82, 2.24) is 9.80 Å². The standard InChI is InChI=1S/C21H29ClN2O3/c1-2-27-21(26)16-9-12-24(13-10-16)20(25)18-7-5-11-23(15-18)14-17-6-3-4-8-19(17)22/h3-4,6,8,16,18H,2,5,7,9-15H2,1H3/t18-/m1/s1. The van der Waals surface area contributed by atoms with E-state index in [1.165, 1.54) is 0 Å². The molecule has 2 fully saturated rings. The summed E-state index contributed by atoms with van der Waals surface area (Å²) in [7, 11) is 0. The van der Waals surface area contributed by atoms with Gasteiger partial charge in [-0.15, -0.1) is 0 Å². The highest BCUT2D eigenvalue weighted by Gasteiger charge is 2.33. The summed E-state index contributed by atoms with van der Waals surface area (Å²) >= 11 is 6.29. The molecule has 0 aromatic heterocycles. The molecule has 2 heterocycles. The molecule has 1 amide bonds. The predicted octanol–water partition coefficient (Wildman–Crippen LogP) is 3.35. The van der Waals surface area contributed by atoms with E-state index in [1.54, 1.807) is 0 Å². The quantitative estimate of drug-likeness (QED) is 0.721. The molecule has 5 nitrogen and oxygen atoms in total. The van der Waals surface area contributed by atoms with Crippen molar-refractivity contribution in [3.63, 3.8) is 0 Å². The van der Waals surface area contributed by atoms with Crippen molar-refractivity contribution in [2.45, 2.75) is 39.2 Å². The minimum atomic E-state index is -0.117. The van der Waals surface area contributed by atoms with E-state index in [2.05, 4.69) is 4.90 Å². The van der Waals surface area contributed by atoms with Crippen LogP contribution >= 0.6 is 11.6 Å². The molecule has 2 aliphatic rings. The van der Waals surface area contributed by atoms with Crippen molar-refractivity contribution in [2.75, 3.05) is 32.8 Å². The van der Waals surface area contributed by atoms with Crippen LogP contribution in [0.15, 0.2) is 24.3 Å². The topological polar surface area (TPSA) is 49.9 Å². The number of esters is 1. The fourth-order valence-corrected chi connectivity index (χ4v) is 4.32. The van der Waals surface area contributed by atoms with Gasteiger partial charge in [-0.2, -0.15) is 0 Å². The summed E-state index contributed by atoms with van der Waals surface area (Å²) in [5.41, 5.74) is 1.11. The second-order valence-electron chi connectivity index (χ2n) is 7.52. The van der Waals surface area contributed by atoms with E-state index < -0.39 is 0 Å². The summed E-state index contributed by atoms with van der Waals surface area (Å²) < 4.78 is 5.11. The van der Waals surface area contributed by atoms with Crippen LogP contribution in [-0.4, -0.2) is 54.5 Å². The molecule has 0 unspecified atom stereocenters. The first-order chi connectivity index (χ1) is 13.1. The zero-order chi connectivity index (χ0) is 19.2. The van der Waals surface area contributed by atoms with Gasteiger partial charge < -0.3 is 9.64 Å². The van der Waals surface area contributed by atoms with E-state index in [9.17, 15) is 9.59 Å². The predicted molar refractivity (Wildman–Crippen MR) is 105 cm³/mol. The summed E-state index contributed by atoms with van der Waals surface area (Å²) in [4.78, 5) is 29.1. The Morgan fingerprint density at radius 2 is 1.85 bits per heavy atom. The van der Waals surface area contributed by atoms with Gasteiger partial charge in [0.2, 0.25) is 5.91 Å². The van der Waals surface area contributed by atoms with Gasteiger partial charge >= 0.3 is 5.97 Å². The minimum Gasteiger partial charge on any atom is -0.466 e. The normalized spacial score (nSPS) is 21.9. The third kappa shape index (κ3) is 5.23. The van der Waals surface area contributed by atoms with Crippen LogP contribution in [0.5, 0.6) is 0 Å². The summed E-state index contributed by atoms with van der Waals surface area (Å²) in [5, 5.41) is 0.784. The lowest BCUT2D eigenvalue weighted by Gasteiger charge is -2.37. The summed E-state index contributed by atoms with van der Waals surface area (Å²) in [6.07, 6.45) is 3.39. The number of rotatable bonds is 5.